The van der Waals surface area contributed by atoms with Gasteiger partial charge < -0.3 is 9.52 Å². The first kappa shape index (κ1) is 12.1. The van der Waals surface area contributed by atoms with Crippen LogP contribution in [0.25, 0.3) is 0 Å². The lowest BCUT2D eigenvalue weighted by Crippen LogP contribution is -2.32. The molecule has 1 aliphatic rings. The predicted octanol–water partition coefficient (Wildman–Crippen LogP) is -0.160. The van der Waals surface area contributed by atoms with Crippen LogP contribution < -0.4 is 11.3 Å². The Morgan fingerprint density at radius 2 is 2.53 bits per heavy atom. The number of hydrazine groups is 1. The summed E-state index contributed by atoms with van der Waals surface area (Å²) in [6.45, 7) is 3.68. The average molecular weight is 239 g/mol. The van der Waals surface area contributed by atoms with Gasteiger partial charge in [-0.2, -0.15) is 0 Å². The molecule has 17 heavy (non-hydrogen) atoms. The Kier molecular flexibility index (Phi) is 3.19. The third-order valence-electron chi connectivity index (χ3n) is 3.02. The van der Waals surface area contributed by atoms with Gasteiger partial charge in [0.2, 0.25) is 0 Å². The maximum Gasteiger partial charge on any atom is 0.268 e. The quantitative estimate of drug-likeness (QED) is 0.387. The second-order valence-electron chi connectivity index (χ2n) is 4.69. The maximum atomic E-state index is 11.4. The highest BCUT2D eigenvalue weighted by molar-refractivity contribution is 5.94. The maximum absolute atomic E-state index is 11.4. The number of hydrogen-bond acceptors (Lipinski definition) is 5. The van der Waals surface area contributed by atoms with Crippen LogP contribution in [0.4, 0.5) is 0 Å². The number of furan rings is 1. The second kappa shape index (κ2) is 4.48. The van der Waals surface area contributed by atoms with E-state index in [0.717, 1.165) is 13.0 Å². The largest absolute Gasteiger partial charge is 0.467 e. The van der Waals surface area contributed by atoms with Gasteiger partial charge in [-0.05, 0) is 19.4 Å². The molecule has 1 aromatic rings. The molecule has 6 nitrogen and oxygen atoms in total. The molecule has 1 atom stereocenters. The van der Waals surface area contributed by atoms with E-state index >= 15 is 0 Å². The number of aliphatic hydroxyl groups is 1. The van der Waals surface area contributed by atoms with Gasteiger partial charge in [-0.25, -0.2) is 5.84 Å². The third-order valence-corrected chi connectivity index (χ3v) is 3.02. The molecule has 2 heterocycles. The molecule has 1 amide bonds. The van der Waals surface area contributed by atoms with Crippen LogP contribution in [0.3, 0.4) is 0 Å². The molecule has 0 aliphatic carbocycles. The van der Waals surface area contributed by atoms with E-state index < -0.39 is 5.60 Å². The van der Waals surface area contributed by atoms with Crippen LogP contribution in [0.2, 0.25) is 0 Å². The molecule has 94 valence electrons. The lowest BCUT2D eigenvalue weighted by molar-refractivity contribution is 0.0670. The topological polar surface area (TPSA) is 91.7 Å². The molecule has 0 bridgehead atoms. The predicted molar refractivity (Wildman–Crippen MR) is 60.9 cm³/mol. The van der Waals surface area contributed by atoms with Crippen LogP contribution >= 0.6 is 0 Å². The Balaban J connectivity index is 2.05. The van der Waals surface area contributed by atoms with Crippen LogP contribution in [0.15, 0.2) is 16.7 Å². The van der Waals surface area contributed by atoms with Crippen molar-refractivity contribution in [3.05, 3.63) is 23.7 Å². The van der Waals surface area contributed by atoms with Crippen LogP contribution in [0, 0.1) is 0 Å². The standard InChI is InChI=1S/C11H17N3O3/c1-11(16)3-4-14(7-11)6-9-8(2-5-17-9)10(15)13-12/h2,5,16H,3-4,6-7,12H2,1H3,(H,13,15). The Labute approximate surface area is 99.3 Å². The van der Waals surface area contributed by atoms with Gasteiger partial charge in [-0.3, -0.25) is 15.1 Å². The highest BCUT2D eigenvalue weighted by Crippen LogP contribution is 2.23. The van der Waals surface area contributed by atoms with Gasteiger partial charge in [-0.15, -0.1) is 0 Å². The first-order valence-corrected chi connectivity index (χ1v) is 5.54. The van der Waals surface area contributed by atoms with Gasteiger partial charge in [0.05, 0.1) is 24.0 Å². The van der Waals surface area contributed by atoms with E-state index in [4.69, 9.17) is 10.3 Å². The first-order chi connectivity index (χ1) is 8.02. The number of amides is 1. The van der Waals surface area contributed by atoms with Crippen molar-refractivity contribution in [2.45, 2.75) is 25.5 Å². The molecule has 1 fully saturated rings. The summed E-state index contributed by atoms with van der Waals surface area (Å²) >= 11 is 0. The number of likely N-dealkylation sites (tertiary alicyclic amines) is 1. The van der Waals surface area contributed by atoms with Crippen LogP contribution in [0.5, 0.6) is 0 Å². The molecule has 0 saturated carbocycles. The van der Waals surface area contributed by atoms with E-state index in [1.807, 2.05) is 11.8 Å². The van der Waals surface area contributed by atoms with Gasteiger partial charge >= 0.3 is 0 Å². The lowest BCUT2D eigenvalue weighted by atomic mass is 10.1. The summed E-state index contributed by atoms with van der Waals surface area (Å²) in [4.78, 5) is 13.5. The van der Waals surface area contributed by atoms with Crippen molar-refractivity contribution in [1.82, 2.24) is 10.3 Å². The minimum Gasteiger partial charge on any atom is -0.467 e. The number of β-amino-alcohol motifs (C(OH)–C–C–N with tert-alkyl or cyclic N) is 1. The van der Waals surface area contributed by atoms with Crippen LogP contribution in [-0.4, -0.2) is 34.6 Å². The van der Waals surface area contributed by atoms with Crippen molar-refractivity contribution in [3.8, 4) is 0 Å². The SMILES string of the molecule is CC1(O)CCN(Cc2occc2C(=O)NN)C1. The molecular formula is C11H17N3O3. The Bertz CT molecular complexity index is 414. The summed E-state index contributed by atoms with van der Waals surface area (Å²) in [5, 5.41) is 9.85. The summed E-state index contributed by atoms with van der Waals surface area (Å²) in [6, 6.07) is 1.59. The van der Waals surface area contributed by atoms with E-state index in [0.29, 0.717) is 24.4 Å². The van der Waals surface area contributed by atoms with Crippen molar-refractivity contribution in [2.75, 3.05) is 13.1 Å². The third kappa shape index (κ3) is 2.66. The number of nitrogens with one attached hydrogen (secondary N) is 1. The number of rotatable bonds is 3. The Hall–Kier alpha value is -1.37. The van der Waals surface area contributed by atoms with Crippen LogP contribution in [0.1, 0.15) is 29.5 Å². The minimum absolute atomic E-state index is 0.361. The number of nitrogen functional groups attached to an aromatic ring is 1. The van der Waals surface area contributed by atoms with Gasteiger partial charge in [-0.1, -0.05) is 0 Å². The monoisotopic (exact) mass is 239 g/mol. The first-order valence-electron chi connectivity index (χ1n) is 5.54. The molecule has 2 rings (SSSR count). The van der Waals surface area contributed by atoms with Crippen molar-refractivity contribution in [2.24, 2.45) is 5.84 Å². The summed E-state index contributed by atoms with van der Waals surface area (Å²) < 4.78 is 5.28. The molecular weight excluding hydrogens is 222 g/mol. The van der Waals surface area contributed by atoms with Crippen molar-refractivity contribution >= 4 is 5.91 Å². The molecule has 1 aliphatic heterocycles. The van der Waals surface area contributed by atoms with Crippen LogP contribution in [-0.2, 0) is 6.54 Å². The number of carbonyl (C=O) groups is 1. The van der Waals surface area contributed by atoms with E-state index in [2.05, 4.69) is 5.43 Å². The lowest BCUT2D eigenvalue weighted by Gasteiger charge is -2.18. The minimum atomic E-state index is -0.650. The fraction of sp³-hybridized carbons (Fsp3) is 0.545. The van der Waals surface area contributed by atoms with E-state index in [1.54, 1.807) is 6.07 Å². The van der Waals surface area contributed by atoms with Crippen molar-refractivity contribution in [3.63, 3.8) is 0 Å². The fourth-order valence-corrected chi connectivity index (χ4v) is 2.12. The summed E-state index contributed by atoms with van der Waals surface area (Å²) in [7, 11) is 0. The molecule has 0 radical (unpaired) electrons. The van der Waals surface area contributed by atoms with Gasteiger partial charge in [0.25, 0.3) is 5.91 Å². The highest BCUT2D eigenvalue weighted by Gasteiger charge is 2.32. The van der Waals surface area contributed by atoms with E-state index in [-0.39, 0.29) is 5.91 Å². The Morgan fingerprint density at radius 1 is 1.76 bits per heavy atom. The summed E-state index contributed by atoms with van der Waals surface area (Å²) in [5.41, 5.74) is 1.88. The smallest absolute Gasteiger partial charge is 0.268 e. The summed E-state index contributed by atoms with van der Waals surface area (Å²) in [5.74, 6) is 5.30. The molecule has 1 aromatic heterocycles. The number of carbonyl (C=O) groups excluding carboxylic acids is 1. The summed E-state index contributed by atoms with van der Waals surface area (Å²) in [6.07, 6.45) is 2.19. The van der Waals surface area contributed by atoms with Gasteiger partial charge in [0.15, 0.2) is 0 Å². The van der Waals surface area contributed by atoms with E-state index in [9.17, 15) is 9.90 Å². The molecule has 1 unspecified atom stereocenters. The zero-order valence-corrected chi connectivity index (χ0v) is 9.77. The molecule has 0 spiro atoms. The molecule has 4 N–H and O–H groups in total. The van der Waals surface area contributed by atoms with Gasteiger partial charge in [0.1, 0.15) is 5.76 Å². The number of hydrogen-bond donors (Lipinski definition) is 3. The zero-order valence-electron chi connectivity index (χ0n) is 9.77. The molecule has 1 saturated heterocycles. The average Bonchev–Trinajstić information content (AvgIpc) is 2.85. The Morgan fingerprint density at radius 3 is 3.12 bits per heavy atom. The van der Waals surface area contributed by atoms with Crippen molar-refractivity contribution in [1.29, 1.82) is 0 Å². The normalized spacial score (nSPS) is 25.1. The number of nitrogens with zero attached hydrogens (tertiary/aromatic N) is 1. The van der Waals surface area contributed by atoms with Gasteiger partial charge in [0, 0.05) is 13.1 Å². The van der Waals surface area contributed by atoms with Crippen molar-refractivity contribution < 1.29 is 14.3 Å². The molecule has 6 heteroatoms. The number of nitrogens with two attached hydrogens (primary N) is 1. The second-order valence-corrected chi connectivity index (χ2v) is 4.69. The molecule has 0 aromatic carbocycles. The van der Waals surface area contributed by atoms with E-state index in [1.165, 1.54) is 6.26 Å². The fourth-order valence-electron chi connectivity index (χ4n) is 2.12. The zero-order chi connectivity index (χ0) is 12.5. The highest BCUT2D eigenvalue weighted by atomic mass is 16.3.